The first-order chi connectivity index (χ1) is 21.6. The summed E-state index contributed by atoms with van der Waals surface area (Å²) in [5, 5.41) is 3.10. The molecule has 4 heterocycles. The van der Waals surface area contributed by atoms with Crippen molar-refractivity contribution in [2.24, 2.45) is 5.92 Å². The number of nitrogens with zero attached hydrogens (tertiary/aromatic N) is 1. The summed E-state index contributed by atoms with van der Waals surface area (Å²) in [4.78, 5) is 27.9. The monoisotopic (exact) mass is 600 g/mol. The molecule has 7 rings (SSSR count). The van der Waals surface area contributed by atoms with Crippen molar-refractivity contribution >= 4 is 12.1 Å². The maximum atomic E-state index is 13.1. The highest BCUT2D eigenvalue weighted by atomic mass is 16.7. The third kappa shape index (κ3) is 7.96. The number of carbonyl (C=O) groups excluding carboxylic acids is 2. The number of nitrogens with one attached hydrogen (secondary N) is 1. The van der Waals surface area contributed by atoms with E-state index in [2.05, 4.69) is 10.2 Å². The van der Waals surface area contributed by atoms with E-state index < -0.39 is 6.09 Å². The second-order valence-electron chi connectivity index (χ2n) is 11.6. The number of hydrogen-bond acceptors (Lipinski definition) is 8. The summed E-state index contributed by atoms with van der Waals surface area (Å²) >= 11 is 0. The van der Waals surface area contributed by atoms with E-state index in [0.29, 0.717) is 49.9 Å². The molecule has 4 aliphatic rings. The van der Waals surface area contributed by atoms with Crippen LogP contribution in [-0.4, -0.2) is 75.4 Å². The molecule has 1 unspecified atom stereocenters. The van der Waals surface area contributed by atoms with E-state index in [-0.39, 0.29) is 31.0 Å². The summed E-state index contributed by atoms with van der Waals surface area (Å²) in [5.74, 6) is 0.747. The molecular weight excluding hydrogens is 560 g/mol. The average Bonchev–Trinajstić information content (AvgIpc) is 3.58. The summed E-state index contributed by atoms with van der Waals surface area (Å²) < 4.78 is 28.3. The van der Waals surface area contributed by atoms with Crippen LogP contribution in [0.2, 0.25) is 0 Å². The van der Waals surface area contributed by atoms with Gasteiger partial charge in [-0.2, -0.15) is 0 Å². The number of piperidine rings is 3. The van der Waals surface area contributed by atoms with Crippen molar-refractivity contribution in [1.29, 1.82) is 0 Å². The summed E-state index contributed by atoms with van der Waals surface area (Å²) in [5.41, 5.74) is 3.39. The average molecular weight is 601 g/mol. The lowest BCUT2D eigenvalue weighted by molar-refractivity contribution is -0.0400. The molecule has 0 saturated carbocycles. The van der Waals surface area contributed by atoms with E-state index in [0.717, 1.165) is 49.2 Å². The number of fused-ring (bicyclic) bond motifs is 3. The van der Waals surface area contributed by atoms with E-state index in [9.17, 15) is 9.59 Å². The molecule has 0 spiro atoms. The van der Waals surface area contributed by atoms with Gasteiger partial charge in [-0.25, -0.2) is 9.59 Å². The summed E-state index contributed by atoms with van der Waals surface area (Å²) in [6, 6.07) is 24.5. The Morgan fingerprint density at radius 2 is 1.64 bits per heavy atom. The number of alkyl carbamates (subject to hydrolysis) is 1. The number of ether oxygens (including phenoxy) is 5. The van der Waals surface area contributed by atoms with Crippen LogP contribution in [0.25, 0.3) is 0 Å². The predicted octanol–water partition coefficient (Wildman–Crippen LogP) is 5.14. The Morgan fingerprint density at radius 3 is 2.36 bits per heavy atom. The molecule has 3 aromatic rings. The van der Waals surface area contributed by atoms with Crippen LogP contribution in [0.15, 0.2) is 78.9 Å². The second kappa shape index (κ2) is 14.7. The zero-order valence-corrected chi connectivity index (χ0v) is 24.9. The van der Waals surface area contributed by atoms with Crippen molar-refractivity contribution < 1.29 is 33.3 Å². The fraction of sp³-hybridized carbons (Fsp3) is 0.429. The molecular formula is C35H40N2O7. The van der Waals surface area contributed by atoms with Gasteiger partial charge in [-0.1, -0.05) is 54.6 Å². The van der Waals surface area contributed by atoms with E-state index in [1.54, 1.807) is 12.1 Å². The smallest absolute Gasteiger partial charge is 0.408 e. The van der Waals surface area contributed by atoms with Crippen LogP contribution < -0.4 is 10.1 Å². The molecule has 3 aromatic carbocycles. The number of hydrogen-bond donors (Lipinski definition) is 1. The van der Waals surface area contributed by atoms with Gasteiger partial charge < -0.3 is 29.0 Å². The van der Waals surface area contributed by atoms with E-state index >= 15 is 0 Å². The van der Waals surface area contributed by atoms with Crippen LogP contribution in [0.4, 0.5) is 4.79 Å². The molecule has 44 heavy (non-hydrogen) atoms. The van der Waals surface area contributed by atoms with Gasteiger partial charge in [0.25, 0.3) is 0 Å². The quantitative estimate of drug-likeness (QED) is 0.226. The Morgan fingerprint density at radius 1 is 0.886 bits per heavy atom. The zero-order valence-electron chi connectivity index (χ0n) is 24.9. The zero-order chi connectivity index (χ0) is 30.1. The van der Waals surface area contributed by atoms with Gasteiger partial charge in [0.05, 0.1) is 38.0 Å². The lowest BCUT2D eigenvalue weighted by Crippen LogP contribution is -2.52. The molecule has 1 amide bonds. The highest BCUT2D eigenvalue weighted by Gasteiger charge is 2.37. The summed E-state index contributed by atoms with van der Waals surface area (Å²) in [7, 11) is 0. The van der Waals surface area contributed by atoms with Gasteiger partial charge >= 0.3 is 12.1 Å². The number of carbonyl (C=O) groups is 2. The van der Waals surface area contributed by atoms with Gasteiger partial charge in [-0.05, 0) is 72.8 Å². The third-order valence-corrected chi connectivity index (χ3v) is 8.51. The molecule has 4 aliphatic heterocycles. The Hall–Kier alpha value is -3.92. The maximum absolute atomic E-state index is 13.1. The van der Waals surface area contributed by atoms with Crippen molar-refractivity contribution in [2.75, 3.05) is 46.1 Å². The molecule has 0 aromatic heterocycles. The van der Waals surface area contributed by atoms with Gasteiger partial charge in [-0.3, -0.25) is 4.90 Å². The minimum Gasteiger partial charge on any atom is -0.493 e. The van der Waals surface area contributed by atoms with Crippen molar-refractivity contribution in [2.45, 2.75) is 44.1 Å². The van der Waals surface area contributed by atoms with Crippen LogP contribution in [0.1, 0.15) is 52.4 Å². The first kappa shape index (κ1) is 30.1. The molecule has 2 bridgehead atoms. The molecule has 4 saturated heterocycles. The van der Waals surface area contributed by atoms with Gasteiger partial charge in [0.2, 0.25) is 0 Å². The largest absolute Gasteiger partial charge is 0.493 e. The normalized spacial score (nSPS) is 21.9. The van der Waals surface area contributed by atoms with Gasteiger partial charge in [0.1, 0.15) is 11.9 Å². The Balaban J connectivity index is 0.987. The minimum absolute atomic E-state index is 0.0659. The van der Waals surface area contributed by atoms with Gasteiger partial charge in [-0.15, -0.1) is 0 Å². The van der Waals surface area contributed by atoms with E-state index in [1.165, 1.54) is 0 Å². The maximum Gasteiger partial charge on any atom is 0.408 e. The van der Waals surface area contributed by atoms with Crippen molar-refractivity contribution in [3.05, 3.63) is 101 Å². The highest BCUT2D eigenvalue weighted by Crippen LogP contribution is 2.30. The fourth-order valence-corrected chi connectivity index (χ4v) is 6.11. The molecule has 0 radical (unpaired) electrons. The summed E-state index contributed by atoms with van der Waals surface area (Å²) in [6.45, 7) is 4.85. The Kier molecular flexibility index (Phi) is 10.1. The first-order valence-corrected chi connectivity index (χ1v) is 15.6. The Labute approximate surface area is 258 Å². The SMILES string of the molecule is O=C(NC(c1ccccc1)c1cccc(OCCCOC(=O)c2ccc(CC3OCCO3)cc2)c1)O[C@H]1CN2CCC1CC2. The number of rotatable bonds is 12. The lowest BCUT2D eigenvalue weighted by Gasteiger charge is -2.43. The highest BCUT2D eigenvalue weighted by molar-refractivity contribution is 5.89. The van der Waals surface area contributed by atoms with Crippen molar-refractivity contribution in [3.8, 4) is 5.75 Å². The third-order valence-electron chi connectivity index (χ3n) is 8.51. The number of amides is 1. The molecule has 232 valence electrons. The molecule has 9 heteroatoms. The van der Waals surface area contributed by atoms with Crippen LogP contribution in [0, 0.1) is 5.92 Å². The van der Waals surface area contributed by atoms with Gasteiger partial charge in [0, 0.05) is 19.4 Å². The van der Waals surface area contributed by atoms with Crippen LogP contribution >= 0.6 is 0 Å². The predicted molar refractivity (Wildman–Crippen MR) is 164 cm³/mol. The molecule has 0 aliphatic carbocycles. The van der Waals surface area contributed by atoms with Crippen LogP contribution in [-0.2, 0) is 25.4 Å². The van der Waals surface area contributed by atoms with E-state index in [4.69, 9.17) is 23.7 Å². The molecule has 9 nitrogen and oxygen atoms in total. The topological polar surface area (TPSA) is 95.6 Å². The molecule has 1 N–H and O–H groups in total. The van der Waals surface area contributed by atoms with E-state index in [1.807, 2.05) is 66.7 Å². The summed E-state index contributed by atoms with van der Waals surface area (Å²) in [6.07, 6.45) is 2.67. The van der Waals surface area contributed by atoms with Crippen LogP contribution in [0.5, 0.6) is 5.75 Å². The van der Waals surface area contributed by atoms with Gasteiger partial charge in [0.15, 0.2) is 6.29 Å². The van der Waals surface area contributed by atoms with Crippen LogP contribution in [0.3, 0.4) is 0 Å². The van der Waals surface area contributed by atoms with Crippen molar-refractivity contribution in [3.63, 3.8) is 0 Å². The number of benzene rings is 3. The first-order valence-electron chi connectivity index (χ1n) is 15.6. The second-order valence-corrected chi connectivity index (χ2v) is 11.6. The fourth-order valence-electron chi connectivity index (χ4n) is 6.11. The number of esters is 1. The standard InChI is InChI=1S/C35H40N2O7/c38-34(28-12-10-25(11-13-28)22-32-41-20-21-42-32)43-19-5-18-40-30-9-4-8-29(23-30)33(27-6-2-1-3-7-27)36-35(39)44-31-24-37-16-14-26(31)15-17-37/h1-4,6-13,23,26,31-33H,5,14-22,24H2,(H,36,39)/t31-,33?/m0/s1. The van der Waals surface area contributed by atoms with Crippen molar-refractivity contribution in [1.82, 2.24) is 10.2 Å². The molecule has 2 atom stereocenters. The lowest BCUT2D eigenvalue weighted by atomic mass is 9.86. The molecule has 4 fully saturated rings. The minimum atomic E-state index is -0.405. The Bertz CT molecular complexity index is 1370.